The summed E-state index contributed by atoms with van der Waals surface area (Å²) in [6.45, 7) is 4.79. The monoisotopic (exact) mass is 247 g/mol. The van der Waals surface area contributed by atoms with Crippen LogP contribution in [0.4, 0.5) is 0 Å². The Balaban J connectivity index is 2.23. The van der Waals surface area contributed by atoms with Gasteiger partial charge in [0.15, 0.2) is 9.84 Å². The van der Waals surface area contributed by atoms with E-state index in [1.165, 1.54) is 12.8 Å². The average Bonchev–Trinajstić information content (AvgIpc) is 2.69. The smallest absolute Gasteiger partial charge is 0.151 e. The fraction of sp³-hybridized carbons (Fsp3) is 1.00. The van der Waals surface area contributed by atoms with Gasteiger partial charge in [0.25, 0.3) is 0 Å². The third-order valence-electron chi connectivity index (χ3n) is 3.48. The van der Waals surface area contributed by atoms with Crippen molar-refractivity contribution in [3.63, 3.8) is 0 Å². The Morgan fingerprint density at radius 2 is 1.94 bits per heavy atom. The van der Waals surface area contributed by atoms with Gasteiger partial charge in [-0.05, 0) is 32.1 Å². The lowest BCUT2D eigenvalue weighted by Gasteiger charge is -2.13. The van der Waals surface area contributed by atoms with E-state index in [-0.39, 0.29) is 0 Å². The van der Waals surface area contributed by atoms with Crippen LogP contribution in [0, 0.1) is 5.92 Å². The molecule has 96 valence electrons. The quantitative estimate of drug-likeness (QED) is 0.748. The van der Waals surface area contributed by atoms with Gasteiger partial charge in [0.05, 0.1) is 11.5 Å². The molecule has 0 bridgehead atoms. The Morgan fingerprint density at radius 1 is 1.31 bits per heavy atom. The minimum absolute atomic E-state index is 0.299. The number of nitrogens with one attached hydrogen (secondary N) is 1. The van der Waals surface area contributed by atoms with Crippen LogP contribution in [0.3, 0.4) is 0 Å². The molecule has 0 amide bonds. The van der Waals surface area contributed by atoms with Gasteiger partial charge in [0.1, 0.15) is 0 Å². The van der Waals surface area contributed by atoms with Gasteiger partial charge < -0.3 is 5.32 Å². The van der Waals surface area contributed by atoms with Crippen LogP contribution < -0.4 is 5.32 Å². The fourth-order valence-electron chi connectivity index (χ4n) is 2.22. The van der Waals surface area contributed by atoms with Crippen LogP contribution in [0.2, 0.25) is 0 Å². The van der Waals surface area contributed by atoms with Gasteiger partial charge in [-0.25, -0.2) is 8.42 Å². The molecule has 1 saturated carbocycles. The first-order chi connectivity index (χ1) is 7.53. The third-order valence-corrected chi connectivity index (χ3v) is 5.29. The number of sulfone groups is 1. The van der Waals surface area contributed by atoms with Crippen molar-refractivity contribution in [1.29, 1.82) is 0 Å². The van der Waals surface area contributed by atoms with Gasteiger partial charge in [-0.3, -0.25) is 0 Å². The molecule has 0 heterocycles. The van der Waals surface area contributed by atoms with E-state index < -0.39 is 9.84 Å². The molecular weight excluding hydrogens is 222 g/mol. The molecule has 1 N–H and O–H groups in total. The van der Waals surface area contributed by atoms with Gasteiger partial charge in [0.2, 0.25) is 0 Å². The van der Waals surface area contributed by atoms with Crippen molar-refractivity contribution in [2.24, 2.45) is 5.92 Å². The maximum Gasteiger partial charge on any atom is 0.151 e. The summed E-state index contributed by atoms with van der Waals surface area (Å²) in [6.07, 6.45) is 5.69. The summed E-state index contributed by atoms with van der Waals surface area (Å²) in [7, 11) is -2.83. The molecule has 4 heteroatoms. The first-order valence-corrected chi connectivity index (χ1v) is 8.29. The topological polar surface area (TPSA) is 46.2 Å². The lowest BCUT2D eigenvalue weighted by molar-refractivity contribution is 0.535. The van der Waals surface area contributed by atoms with Crippen LogP contribution in [0.25, 0.3) is 0 Å². The highest BCUT2D eigenvalue weighted by Crippen LogP contribution is 2.25. The Hall–Kier alpha value is -0.0900. The highest BCUT2D eigenvalue weighted by molar-refractivity contribution is 7.91. The minimum atomic E-state index is -2.83. The standard InChI is InChI=1S/C12H25NO2S/c1-3-11(2)13-8-9-16(14,15)10-12-6-4-5-7-12/h11-13H,3-10H2,1-2H3. The van der Waals surface area contributed by atoms with E-state index in [0.717, 1.165) is 19.3 Å². The number of hydrogen-bond donors (Lipinski definition) is 1. The Labute approximate surface area is 99.9 Å². The molecule has 0 aliphatic heterocycles. The second-order valence-electron chi connectivity index (χ2n) is 5.03. The molecule has 1 fully saturated rings. The minimum Gasteiger partial charge on any atom is -0.313 e. The predicted octanol–water partition coefficient (Wildman–Crippen LogP) is 1.98. The van der Waals surface area contributed by atoms with Crippen molar-refractivity contribution in [3.8, 4) is 0 Å². The Morgan fingerprint density at radius 3 is 2.50 bits per heavy atom. The van der Waals surface area contributed by atoms with Gasteiger partial charge in [-0.1, -0.05) is 19.8 Å². The van der Waals surface area contributed by atoms with E-state index in [4.69, 9.17) is 0 Å². The van der Waals surface area contributed by atoms with Crippen molar-refractivity contribution in [1.82, 2.24) is 5.32 Å². The molecule has 1 aliphatic rings. The zero-order chi connectivity index (χ0) is 12.0. The fourth-order valence-corrected chi connectivity index (χ4v) is 3.87. The van der Waals surface area contributed by atoms with E-state index >= 15 is 0 Å². The summed E-state index contributed by atoms with van der Waals surface area (Å²) in [5, 5.41) is 3.23. The Bertz CT molecular complexity index is 281. The largest absolute Gasteiger partial charge is 0.313 e. The van der Waals surface area contributed by atoms with Gasteiger partial charge in [-0.15, -0.1) is 0 Å². The second kappa shape index (κ2) is 6.60. The summed E-state index contributed by atoms with van der Waals surface area (Å²) in [5.41, 5.74) is 0. The van der Waals surface area contributed by atoms with Crippen molar-refractivity contribution in [2.75, 3.05) is 18.1 Å². The Kier molecular flexibility index (Phi) is 5.76. The van der Waals surface area contributed by atoms with E-state index in [2.05, 4.69) is 19.2 Å². The maximum atomic E-state index is 11.8. The number of rotatable bonds is 7. The molecule has 0 aromatic heterocycles. The van der Waals surface area contributed by atoms with Crippen LogP contribution in [-0.2, 0) is 9.84 Å². The third kappa shape index (κ3) is 5.30. The number of hydrogen-bond acceptors (Lipinski definition) is 3. The van der Waals surface area contributed by atoms with Crippen molar-refractivity contribution in [2.45, 2.75) is 52.0 Å². The van der Waals surface area contributed by atoms with Crippen LogP contribution in [0.15, 0.2) is 0 Å². The summed E-state index contributed by atoms with van der Waals surface area (Å²) in [5.74, 6) is 1.15. The van der Waals surface area contributed by atoms with Crippen LogP contribution >= 0.6 is 0 Å². The van der Waals surface area contributed by atoms with Gasteiger partial charge >= 0.3 is 0 Å². The lowest BCUT2D eigenvalue weighted by Crippen LogP contribution is -2.31. The molecule has 1 unspecified atom stereocenters. The highest BCUT2D eigenvalue weighted by Gasteiger charge is 2.22. The molecule has 0 aromatic rings. The van der Waals surface area contributed by atoms with Gasteiger partial charge in [-0.2, -0.15) is 0 Å². The van der Waals surface area contributed by atoms with Crippen molar-refractivity contribution < 1.29 is 8.42 Å². The molecule has 16 heavy (non-hydrogen) atoms. The molecule has 1 rings (SSSR count). The molecule has 0 saturated heterocycles. The molecule has 0 aromatic carbocycles. The molecule has 3 nitrogen and oxygen atoms in total. The van der Waals surface area contributed by atoms with E-state index in [1.54, 1.807) is 0 Å². The van der Waals surface area contributed by atoms with Crippen molar-refractivity contribution >= 4 is 9.84 Å². The second-order valence-corrected chi connectivity index (χ2v) is 7.26. The summed E-state index contributed by atoms with van der Waals surface area (Å²) in [6, 6.07) is 0.418. The van der Waals surface area contributed by atoms with Crippen LogP contribution in [0.5, 0.6) is 0 Å². The van der Waals surface area contributed by atoms with Gasteiger partial charge in [0, 0.05) is 12.6 Å². The molecule has 0 radical (unpaired) electrons. The lowest BCUT2D eigenvalue weighted by atomic mass is 10.1. The average molecular weight is 247 g/mol. The summed E-state index contributed by atoms with van der Waals surface area (Å²) >= 11 is 0. The zero-order valence-electron chi connectivity index (χ0n) is 10.5. The van der Waals surface area contributed by atoms with Crippen molar-refractivity contribution in [3.05, 3.63) is 0 Å². The SMILES string of the molecule is CCC(C)NCCS(=O)(=O)CC1CCCC1. The highest BCUT2D eigenvalue weighted by atomic mass is 32.2. The summed E-state index contributed by atoms with van der Waals surface area (Å²) < 4.78 is 23.6. The summed E-state index contributed by atoms with van der Waals surface area (Å²) in [4.78, 5) is 0. The van der Waals surface area contributed by atoms with E-state index in [9.17, 15) is 8.42 Å². The normalized spacial score (nSPS) is 20.1. The van der Waals surface area contributed by atoms with E-state index in [1.807, 2.05) is 0 Å². The first kappa shape index (κ1) is 14.0. The predicted molar refractivity (Wildman–Crippen MR) is 68.4 cm³/mol. The molecule has 0 spiro atoms. The zero-order valence-corrected chi connectivity index (χ0v) is 11.4. The molecular formula is C12H25NO2S. The molecule has 1 aliphatic carbocycles. The van der Waals surface area contributed by atoms with E-state index in [0.29, 0.717) is 30.0 Å². The molecule has 1 atom stereocenters. The van der Waals surface area contributed by atoms with Crippen LogP contribution in [0.1, 0.15) is 46.0 Å². The van der Waals surface area contributed by atoms with Crippen LogP contribution in [-0.4, -0.2) is 32.5 Å². The first-order valence-electron chi connectivity index (χ1n) is 6.47. The maximum absolute atomic E-state index is 11.8.